The number of ether oxygens (including phenoxy) is 1. The predicted molar refractivity (Wildman–Crippen MR) is 54.4 cm³/mol. The molecule has 0 saturated carbocycles. The van der Waals surface area contributed by atoms with Gasteiger partial charge in [-0.2, -0.15) is 0 Å². The Balaban J connectivity index is 1.93. The molecule has 0 spiro atoms. The van der Waals surface area contributed by atoms with E-state index in [1.54, 1.807) is 0 Å². The number of nitrogens with zero attached hydrogens (tertiary/aromatic N) is 3. The van der Waals surface area contributed by atoms with E-state index in [4.69, 9.17) is 9.84 Å². The van der Waals surface area contributed by atoms with E-state index in [-0.39, 0.29) is 11.9 Å². The molecular weight excluding hydrogens is 230 g/mol. The Morgan fingerprint density at radius 2 is 2.47 bits per heavy atom. The number of nitro groups is 1. The van der Waals surface area contributed by atoms with Crippen LogP contribution in [0.2, 0.25) is 0 Å². The van der Waals surface area contributed by atoms with Gasteiger partial charge in [-0.05, 0) is 22.7 Å². The average Bonchev–Trinajstić information content (AvgIpc) is 2.87. The Bertz CT molecular complexity index is 444. The maximum Gasteiger partial charge on any atom is 0.381 e. The number of rotatable bonds is 4. The monoisotopic (exact) mass is 241 g/mol. The van der Waals surface area contributed by atoms with E-state index < -0.39 is 17.0 Å². The summed E-state index contributed by atoms with van der Waals surface area (Å²) >= 11 is 0. The van der Waals surface area contributed by atoms with Crippen molar-refractivity contribution in [2.24, 2.45) is 0 Å². The molecule has 2 unspecified atom stereocenters. The molecule has 8 heteroatoms. The zero-order chi connectivity index (χ0) is 12.4. The van der Waals surface area contributed by atoms with Crippen LogP contribution in [0.5, 0.6) is 0 Å². The minimum Gasteiger partial charge on any atom is -0.479 e. The fraction of sp³-hybridized carbons (Fsp3) is 0.556. The Labute approximate surface area is 96.0 Å². The molecule has 0 bridgehead atoms. The lowest BCUT2D eigenvalue weighted by molar-refractivity contribution is -0.389. The summed E-state index contributed by atoms with van der Waals surface area (Å²) in [4.78, 5) is 24.1. The maximum absolute atomic E-state index is 10.7. The van der Waals surface area contributed by atoms with Gasteiger partial charge < -0.3 is 24.5 Å². The summed E-state index contributed by atoms with van der Waals surface area (Å²) in [5.41, 5.74) is 0. The SMILES string of the molecule is O=C(O)C1CCC(Cn2cnc([N+](=O)[O-])c2)O1. The molecule has 0 amide bonds. The standard InChI is InChI=1S/C9H11N3O5/c13-9(14)7-2-1-6(17-7)3-11-4-8(10-5-11)12(15)16/h4-7H,1-3H2,(H,13,14). The zero-order valence-corrected chi connectivity index (χ0v) is 8.85. The van der Waals surface area contributed by atoms with Gasteiger partial charge >= 0.3 is 11.8 Å². The highest BCUT2D eigenvalue weighted by molar-refractivity contribution is 5.72. The van der Waals surface area contributed by atoms with Crippen molar-refractivity contribution in [2.45, 2.75) is 31.6 Å². The molecule has 8 nitrogen and oxygen atoms in total. The quantitative estimate of drug-likeness (QED) is 0.604. The van der Waals surface area contributed by atoms with E-state index in [9.17, 15) is 14.9 Å². The largest absolute Gasteiger partial charge is 0.479 e. The normalized spacial score (nSPS) is 23.8. The van der Waals surface area contributed by atoms with Gasteiger partial charge in [0, 0.05) is 0 Å². The molecule has 1 saturated heterocycles. The molecule has 1 fully saturated rings. The lowest BCUT2D eigenvalue weighted by Gasteiger charge is -2.10. The van der Waals surface area contributed by atoms with Crippen molar-refractivity contribution in [1.82, 2.24) is 9.55 Å². The molecule has 2 rings (SSSR count). The number of hydrogen-bond donors (Lipinski definition) is 1. The van der Waals surface area contributed by atoms with Crippen LogP contribution in [-0.4, -0.2) is 37.8 Å². The molecule has 92 valence electrons. The summed E-state index contributed by atoms with van der Waals surface area (Å²) in [6, 6.07) is 0. The summed E-state index contributed by atoms with van der Waals surface area (Å²) in [6.45, 7) is 0.380. The topological polar surface area (TPSA) is 107 Å². The number of aliphatic carboxylic acids is 1. The van der Waals surface area contributed by atoms with Crippen molar-refractivity contribution in [3.63, 3.8) is 0 Å². The second-order valence-electron chi connectivity index (χ2n) is 3.85. The minimum absolute atomic E-state index is 0.224. The van der Waals surface area contributed by atoms with Gasteiger partial charge in [0.15, 0.2) is 6.10 Å². The highest BCUT2D eigenvalue weighted by atomic mass is 16.6. The second kappa shape index (κ2) is 4.50. The molecule has 1 N–H and O–H groups in total. The molecule has 17 heavy (non-hydrogen) atoms. The number of carboxylic acids is 1. The van der Waals surface area contributed by atoms with Crippen LogP contribution in [0, 0.1) is 10.1 Å². The van der Waals surface area contributed by atoms with Crippen LogP contribution in [0.1, 0.15) is 12.8 Å². The first-order valence-electron chi connectivity index (χ1n) is 5.10. The first-order valence-corrected chi connectivity index (χ1v) is 5.10. The van der Waals surface area contributed by atoms with Gasteiger partial charge in [0.05, 0.1) is 12.6 Å². The maximum atomic E-state index is 10.7. The molecule has 2 heterocycles. The van der Waals surface area contributed by atoms with Gasteiger partial charge in [0.1, 0.15) is 6.20 Å². The van der Waals surface area contributed by atoms with Crippen LogP contribution in [0.3, 0.4) is 0 Å². The van der Waals surface area contributed by atoms with E-state index in [2.05, 4.69) is 4.98 Å². The van der Waals surface area contributed by atoms with Gasteiger partial charge in [0.2, 0.25) is 6.33 Å². The second-order valence-corrected chi connectivity index (χ2v) is 3.85. The van der Waals surface area contributed by atoms with Crippen LogP contribution >= 0.6 is 0 Å². The first kappa shape index (κ1) is 11.5. The highest BCUT2D eigenvalue weighted by Crippen LogP contribution is 2.21. The van der Waals surface area contributed by atoms with Crippen molar-refractivity contribution in [1.29, 1.82) is 0 Å². The predicted octanol–water partition coefficient (Wildman–Crippen LogP) is 0.423. The minimum atomic E-state index is -0.968. The van der Waals surface area contributed by atoms with Gasteiger partial charge in [-0.15, -0.1) is 0 Å². The van der Waals surface area contributed by atoms with E-state index in [1.807, 2.05) is 0 Å². The lowest BCUT2D eigenvalue weighted by Crippen LogP contribution is -2.22. The highest BCUT2D eigenvalue weighted by Gasteiger charge is 2.30. The fourth-order valence-electron chi connectivity index (χ4n) is 1.80. The van der Waals surface area contributed by atoms with Gasteiger partial charge in [-0.1, -0.05) is 0 Å². The molecule has 1 aliphatic rings. The molecule has 0 aromatic carbocycles. The Kier molecular flexibility index (Phi) is 3.05. The summed E-state index contributed by atoms with van der Waals surface area (Å²) in [6.07, 6.45) is 2.75. The van der Waals surface area contributed by atoms with E-state index in [0.717, 1.165) is 0 Å². The number of aromatic nitrogens is 2. The summed E-state index contributed by atoms with van der Waals surface area (Å²) in [5.74, 6) is -1.19. The molecule has 1 aliphatic heterocycles. The van der Waals surface area contributed by atoms with Gasteiger partial charge in [0.25, 0.3) is 0 Å². The number of carboxylic acid groups (broad SMARTS) is 1. The van der Waals surface area contributed by atoms with Crippen molar-refractivity contribution in [2.75, 3.05) is 0 Å². The Morgan fingerprint density at radius 3 is 3.00 bits per heavy atom. The smallest absolute Gasteiger partial charge is 0.381 e. The van der Waals surface area contributed by atoms with Crippen molar-refractivity contribution in [3.8, 4) is 0 Å². The zero-order valence-electron chi connectivity index (χ0n) is 8.85. The van der Waals surface area contributed by atoms with E-state index in [1.165, 1.54) is 17.1 Å². The van der Waals surface area contributed by atoms with Crippen molar-refractivity contribution >= 4 is 11.8 Å². The van der Waals surface area contributed by atoms with Gasteiger partial charge in [-0.3, -0.25) is 0 Å². The third-order valence-electron chi connectivity index (χ3n) is 2.60. The van der Waals surface area contributed by atoms with Crippen LogP contribution in [-0.2, 0) is 16.1 Å². The first-order chi connectivity index (χ1) is 8.06. The van der Waals surface area contributed by atoms with E-state index in [0.29, 0.717) is 19.4 Å². The molecule has 0 aliphatic carbocycles. The van der Waals surface area contributed by atoms with E-state index >= 15 is 0 Å². The Morgan fingerprint density at radius 1 is 1.71 bits per heavy atom. The van der Waals surface area contributed by atoms with Gasteiger partial charge in [-0.25, -0.2) is 4.79 Å². The van der Waals surface area contributed by atoms with Crippen molar-refractivity contribution in [3.05, 3.63) is 22.6 Å². The molecule has 1 aromatic rings. The summed E-state index contributed by atoms with van der Waals surface area (Å²) in [5, 5.41) is 19.2. The Hall–Kier alpha value is -1.96. The lowest BCUT2D eigenvalue weighted by atomic mass is 10.2. The number of hydrogen-bond acceptors (Lipinski definition) is 5. The average molecular weight is 241 g/mol. The van der Waals surface area contributed by atoms with Crippen LogP contribution in [0.15, 0.2) is 12.5 Å². The number of carbonyl (C=O) groups is 1. The van der Waals surface area contributed by atoms with Crippen molar-refractivity contribution < 1.29 is 19.6 Å². The third-order valence-corrected chi connectivity index (χ3v) is 2.60. The third kappa shape index (κ3) is 2.59. The molecule has 2 atom stereocenters. The fourth-order valence-corrected chi connectivity index (χ4v) is 1.80. The number of imidazole rings is 1. The summed E-state index contributed by atoms with van der Waals surface area (Å²) < 4.78 is 6.81. The summed E-state index contributed by atoms with van der Waals surface area (Å²) in [7, 11) is 0. The molecule has 0 radical (unpaired) electrons. The molecule has 1 aromatic heterocycles. The molecular formula is C9H11N3O5. The van der Waals surface area contributed by atoms with Crippen LogP contribution in [0.25, 0.3) is 0 Å². The van der Waals surface area contributed by atoms with Crippen LogP contribution < -0.4 is 0 Å². The van der Waals surface area contributed by atoms with Crippen LogP contribution in [0.4, 0.5) is 5.82 Å².